The summed E-state index contributed by atoms with van der Waals surface area (Å²) in [5.41, 5.74) is 2.89. The van der Waals surface area contributed by atoms with Crippen molar-refractivity contribution < 1.29 is 32.7 Å². The molecule has 2 rings (SSSR count). The molecule has 0 unspecified atom stereocenters. The van der Waals surface area contributed by atoms with Gasteiger partial charge in [-0.1, -0.05) is 25.8 Å². The number of nitrogens with one attached hydrogen (secondary N) is 1. The maximum atomic E-state index is 3.38. The molecular weight excluding hydrogens is 259 g/mol. The molecule has 15 heavy (non-hydrogen) atoms. The van der Waals surface area contributed by atoms with E-state index < -0.39 is 0 Å². The minimum atomic E-state index is 0. The second-order valence-corrected chi connectivity index (χ2v) is 3.67. The predicted molar refractivity (Wildman–Crippen MR) is 62.0 cm³/mol. The Morgan fingerprint density at radius 1 is 1.13 bits per heavy atom. The normalized spacial score (nSPS) is 15.1. The molecule has 0 amide bonds. The van der Waals surface area contributed by atoms with Gasteiger partial charge in [-0.15, -0.1) is 12.1 Å². The molecule has 0 atom stereocenters. The van der Waals surface area contributed by atoms with Gasteiger partial charge in [-0.05, 0) is 13.1 Å². The molecule has 0 spiro atoms. The van der Waals surface area contributed by atoms with E-state index in [9.17, 15) is 0 Å². The topological polar surface area (TPSA) is 12.0 Å². The molecule has 0 saturated carbocycles. The van der Waals surface area contributed by atoms with Crippen LogP contribution in [0.1, 0.15) is 24.0 Å². The molecule has 1 aliphatic heterocycles. The van der Waals surface area contributed by atoms with Crippen LogP contribution in [0.25, 0.3) is 0 Å². The third-order valence-electron chi connectivity index (χ3n) is 2.73. The molecule has 1 nitrogen and oxygen atoms in total. The van der Waals surface area contributed by atoms with Crippen LogP contribution in [-0.2, 0) is 32.7 Å². The summed E-state index contributed by atoms with van der Waals surface area (Å²) in [6.07, 6.45) is 2.43. The van der Waals surface area contributed by atoms with Crippen LogP contribution in [0.5, 0.6) is 0 Å². The van der Waals surface area contributed by atoms with Crippen molar-refractivity contribution in [3.8, 4) is 0 Å². The van der Waals surface area contributed by atoms with Gasteiger partial charge in [0.05, 0.1) is 0 Å². The largest absolute Gasteiger partial charge is 0.358 e. The average Bonchev–Trinajstić information content (AvgIpc) is 2.20. The fourth-order valence-electron chi connectivity index (χ4n) is 1.97. The summed E-state index contributed by atoms with van der Waals surface area (Å²) in [6, 6.07) is 8.69. The van der Waals surface area contributed by atoms with Crippen molar-refractivity contribution in [3.05, 3.63) is 48.7 Å². The maximum Gasteiger partial charge on any atom is 0 e. The Morgan fingerprint density at radius 2 is 1.73 bits per heavy atom. The van der Waals surface area contributed by atoms with E-state index in [1.807, 2.05) is 0 Å². The van der Waals surface area contributed by atoms with Crippen molar-refractivity contribution in [1.82, 2.24) is 5.32 Å². The molecule has 0 aliphatic carbocycles. The van der Waals surface area contributed by atoms with Gasteiger partial charge in [0, 0.05) is 32.7 Å². The van der Waals surface area contributed by atoms with Crippen LogP contribution in [0.4, 0.5) is 0 Å². The van der Waals surface area contributed by atoms with Crippen LogP contribution in [0.2, 0.25) is 0 Å². The number of rotatable bonds is 1. The molecule has 1 radical (unpaired) electrons. The van der Waals surface area contributed by atoms with Gasteiger partial charge >= 0.3 is 0 Å². The second kappa shape index (κ2) is 7.43. The monoisotopic (exact) mass is 278 g/mol. The third kappa shape index (κ3) is 3.90. The van der Waals surface area contributed by atoms with E-state index >= 15 is 0 Å². The van der Waals surface area contributed by atoms with Crippen LogP contribution in [0, 0.1) is 20.3 Å². The van der Waals surface area contributed by atoms with Gasteiger partial charge in [-0.25, -0.2) is 0 Å². The molecule has 1 aliphatic rings. The molecule has 0 bridgehead atoms. The van der Waals surface area contributed by atoms with Gasteiger partial charge in [0.2, 0.25) is 0 Å². The van der Waals surface area contributed by atoms with Crippen LogP contribution < -0.4 is 5.32 Å². The quantitative estimate of drug-likeness (QED) is 0.779. The summed E-state index contributed by atoms with van der Waals surface area (Å²) in [4.78, 5) is 0. The summed E-state index contributed by atoms with van der Waals surface area (Å²) in [5.74, 6) is 1.62. The standard InChI is InChI=1S/C12H16N.CH3.Y/c1-10-4-2-3-5-12(10)11-6-8-13-9-7-11;;/h2-5,13H,6-9H2,1H3;1H3;/q2*-1;. The minimum absolute atomic E-state index is 0. The summed E-state index contributed by atoms with van der Waals surface area (Å²) in [6.45, 7) is 4.48. The Kier molecular flexibility index (Phi) is 7.51. The molecule has 1 heterocycles. The average molecular weight is 278 g/mol. The van der Waals surface area contributed by atoms with Crippen LogP contribution >= 0.6 is 0 Å². The zero-order valence-corrected chi connectivity index (χ0v) is 12.6. The minimum Gasteiger partial charge on any atom is -0.358 e. The summed E-state index contributed by atoms with van der Waals surface area (Å²) in [5, 5.41) is 3.38. The van der Waals surface area contributed by atoms with Gasteiger partial charge in [0.1, 0.15) is 0 Å². The molecule has 2 heteroatoms. The van der Waals surface area contributed by atoms with Crippen LogP contribution in [0.15, 0.2) is 24.3 Å². The number of aryl methyl sites for hydroxylation is 1. The van der Waals surface area contributed by atoms with E-state index in [0.29, 0.717) is 0 Å². The molecule has 1 N–H and O–H groups in total. The Bertz CT molecular complexity index is 280. The van der Waals surface area contributed by atoms with E-state index in [-0.39, 0.29) is 40.1 Å². The summed E-state index contributed by atoms with van der Waals surface area (Å²) >= 11 is 0. The van der Waals surface area contributed by atoms with E-state index in [1.54, 1.807) is 5.92 Å². The van der Waals surface area contributed by atoms with Crippen molar-refractivity contribution in [2.75, 3.05) is 13.1 Å². The zero-order valence-electron chi connectivity index (χ0n) is 9.72. The van der Waals surface area contributed by atoms with Gasteiger partial charge in [0.15, 0.2) is 0 Å². The summed E-state index contributed by atoms with van der Waals surface area (Å²) in [7, 11) is 0. The van der Waals surface area contributed by atoms with Gasteiger partial charge < -0.3 is 12.7 Å². The van der Waals surface area contributed by atoms with Crippen LogP contribution in [-0.4, -0.2) is 13.1 Å². The molecule has 1 saturated heterocycles. The van der Waals surface area contributed by atoms with Gasteiger partial charge in [0.25, 0.3) is 0 Å². The molecule has 81 valence electrons. The first kappa shape index (κ1) is 15.2. The summed E-state index contributed by atoms with van der Waals surface area (Å²) < 4.78 is 0. The number of benzene rings is 1. The van der Waals surface area contributed by atoms with Crippen molar-refractivity contribution in [3.63, 3.8) is 0 Å². The van der Waals surface area contributed by atoms with Crippen molar-refractivity contribution in [2.24, 2.45) is 0 Å². The Balaban J connectivity index is 0.000000980. The SMILES string of the molecule is Cc1ccccc1[C-]1CCNCC1.[CH3-].[Y]. The third-order valence-corrected chi connectivity index (χ3v) is 2.73. The van der Waals surface area contributed by atoms with Crippen LogP contribution in [0.3, 0.4) is 0 Å². The van der Waals surface area contributed by atoms with Gasteiger partial charge in [-0.3, -0.25) is 0 Å². The van der Waals surface area contributed by atoms with E-state index in [1.165, 1.54) is 24.0 Å². The first-order valence-electron chi connectivity index (χ1n) is 4.99. The molecule has 1 aromatic carbocycles. The first-order chi connectivity index (χ1) is 6.38. The zero-order chi connectivity index (χ0) is 9.10. The second-order valence-electron chi connectivity index (χ2n) is 3.67. The van der Waals surface area contributed by atoms with Crippen molar-refractivity contribution >= 4 is 0 Å². The van der Waals surface area contributed by atoms with Crippen molar-refractivity contribution in [2.45, 2.75) is 19.8 Å². The first-order valence-corrected chi connectivity index (χ1v) is 4.99. The van der Waals surface area contributed by atoms with Gasteiger partial charge in [-0.2, -0.15) is 23.1 Å². The molecule has 1 aromatic rings. The molecule has 1 fully saturated rings. The Labute approximate surface area is 119 Å². The molecular formula is C13H19NY-2. The Morgan fingerprint density at radius 3 is 2.33 bits per heavy atom. The number of piperidine rings is 1. The smallest absolute Gasteiger partial charge is 0 e. The van der Waals surface area contributed by atoms with E-state index in [0.717, 1.165) is 13.1 Å². The van der Waals surface area contributed by atoms with Crippen molar-refractivity contribution in [1.29, 1.82) is 0 Å². The van der Waals surface area contributed by atoms with E-state index in [2.05, 4.69) is 36.5 Å². The number of hydrogen-bond donors (Lipinski definition) is 1. The fraction of sp³-hybridized carbons (Fsp3) is 0.385. The predicted octanol–water partition coefficient (Wildman–Crippen LogP) is 2.75. The number of hydrogen-bond acceptors (Lipinski definition) is 1. The van der Waals surface area contributed by atoms with E-state index in [4.69, 9.17) is 0 Å². The fourth-order valence-corrected chi connectivity index (χ4v) is 1.97. The molecule has 0 aromatic heterocycles. The maximum absolute atomic E-state index is 3.38. The Hall–Kier alpha value is 0.154.